The van der Waals surface area contributed by atoms with Gasteiger partial charge < -0.3 is 14.8 Å². The van der Waals surface area contributed by atoms with E-state index >= 15 is 0 Å². The lowest BCUT2D eigenvalue weighted by atomic mass is 10.1. The van der Waals surface area contributed by atoms with E-state index in [0.29, 0.717) is 26.6 Å². The van der Waals surface area contributed by atoms with Crippen molar-refractivity contribution >= 4 is 39.5 Å². The van der Waals surface area contributed by atoms with Crippen molar-refractivity contribution in [3.05, 3.63) is 62.6 Å². The highest BCUT2D eigenvalue weighted by Crippen LogP contribution is 2.38. The molecule has 0 radical (unpaired) electrons. The van der Waals surface area contributed by atoms with Crippen LogP contribution in [0.2, 0.25) is 5.02 Å². The lowest BCUT2D eigenvalue weighted by molar-refractivity contribution is -0.117. The predicted molar refractivity (Wildman–Crippen MR) is 113 cm³/mol. The number of methoxy groups -OCH3 is 1. The third kappa shape index (κ3) is 5.75. The molecule has 0 aliphatic rings. The first-order valence-electron chi connectivity index (χ1n) is 8.52. The summed E-state index contributed by atoms with van der Waals surface area (Å²) < 4.78 is 11.9. The Morgan fingerprint density at radius 1 is 1.36 bits per heavy atom. The number of carbonyl (C=O) groups is 1. The van der Waals surface area contributed by atoms with Gasteiger partial charge in [0, 0.05) is 16.6 Å². The zero-order valence-electron chi connectivity index (χ0n) is 15.8. The minimum absolute atomic E-state index is 0.00684. The number of hydrogen-bond donors (Lipinski definition) is 1. The van der Waals surface area contributed by atoms with E-state index in [-0.39, 0.29) is 18.2 Å². The van der Waals surface area contributed by atoms with Gasteiger partial charge in [0.05, 0.1) is 11.6 Å². The van der Waals surface area contributed by atoms with E-state index in [0.717, 1.165) is 5.56 Å². The van der Waals surface area contributed by atoms with Crippen LogP contribution in [-0.2, 0) is 11.4 Å². The van der Waals surface area contributed by atoms with E-state index in [9.17, 15) is 10.1 Å². The Hall–Kier alpha value is -2.49. The van der Waals surface area contributed by atoms with Crippen LogP contribution in [0.3, 0.4) is 0 Å². The fourth-order valence-corrected chi connectivity index (χ4v) is 3.15. The maximum Gasteiger partial charge on any atom is 0.262 e. The number of nitriles is 1. The molecule has 0 saturated heterocycles. The van der Waals surface area contributed by atoms with Gasteiger partial charge in [0.1, 0.15) is 18.2 Å². The number of hydrogen-bond acceptors (Lipinski definition) is 4. The SMILES string of the molecule is COc1cc(/C=C(\C#N)C(=O)NC(C)C)cc(Br)c1OCc1ccccc1Cl. The molecule has 0 atom stereocenters. The van der Waals surface area contributed by atoms with Crippen LogP contribution < -0.4 is 14.8 Å². The van der Waals surface area contributed by atoms with Gasteiger partial charge in [-0.3, -0.25) is 4.79 Å². The van der Waals surface area contributed by atoms with Gasteiger partial charge in [-0.2, -0.15) is 5.26 Å². The first kappa shape index (κ1) is 21.8. The lowest BCUT2D eigenvalue weighted by Gasteiger charge is -2.14. The van der Waals surface area contributed by atoms with Crippen molar-refractivity contribution in [3.8, 4) is 17.6 Å². The summed E-state index contributed by atoms with van der Waals surface area (Å²) >= 11 is 9.64. The molecular formula is C21H20BrClN2O3. The van der Waals surface area contributed by atoms with Crippen LogP contribution in [-0.4, -0.2) is 19.1 Å². The average molecular weight is 464 g/mol. The highest BCUT2D eigenvalue weighted by molar-refractivity contribution is 9.10. The van der Waals surface area contributed by atoms with Crippen LogP contribution in [0.1, 0.15) is 25.0 Å². The van der Waals surface area contributed by atoms with Gasteiger partial charge in [-0.25, -0.2) is 0 Å². The van der Waals surface area contributed by atoms with Crippen LogP contribution in [0.25, 0.3) is 6.08 Å². The third-order valence-electron chi connectivity index (χ3n) is 3.68. The lowest BCUT2D eigenvalue weighted by Crippen LogP contribution is -2.30. The second-order valence-electron chi connectivity index (χ2n) is 6.21. The highest BCUT2D eigenvalue weighted by Gasteiger charge is 2.15. The molecule has 2 aromatic rings. The molecule has 0 unspecified atom stereocenters. The maximum absolute atomic E-state index is 12.1. The largest absolute Gasteiger partial charge is 0.493 e. The van der Waals surface area contributed by atoms with Gasteiger partial charge in [-0.05, 0) is 59.6 Å². The smallest absolute Gasteiger partial charge is 0.262 e. The predicted octanol–water partition coefficient (Wildman–Crippen LogP) is 5.12. The number of nitrogens with zero attached hydrogens (tertiary/aromatic N) is 1. The molecule has 2 rings (SSSR count). The fraction of sp³-hybridized carbons (Fsp3) is 0.238. The Bertz CT molecular complexity index is 936. The molecule has 0 aliphatic heterocycles. The summed E-state index contributed by atoms with van der Waals surface area (Å²) in [6.45, 7) is 3.93. The molecule has 0 fully saturated rings. The number of nitrogens with one attached hydrogen (secondary N) is 1. The average Bonchev–Trinajstić information content (AvgIpc) is 2.65. The molecule has 0 aliphatic carbocycles. The zero-order chi connectivity index (χ0) is 20.7. The van der Waals surface area contributed by atoms with Crippen molar-refractivity contribution in [2.24, 2.45) is 0 Å². The molecule has 0 saturated carbocycles. The minimum atomic E-state index is -0.424. The first-order chi connectivity index (χ1) is 13.3. The fourth-order valence-electron chi connectivity index (χ4n) is 2.38. The van der Waals surface area contributed by atoms with Gasteiger partial charge in [-0.15, -0.1) is 0 Å². The van der Waals surface area contributed by atoms with Gasteiger partial charge in [0.25, 0.3) is 5.91 Å². The molecule has 2 aromatic carbocycles. The molecule has 1 N–H and O–H groups in total. The monoisotopic (exact) mass is 462 g/mol. The summed E-state index contributed by atoms with van der Waals surface area (Å²) in [5, 5.41) is 12.6. The summed E-state index contributed by atoms with van der Waals surface area (Å²) in [5.74, 6) is 0.547. The van der Waals surface area contributed by atoms with Crippen LogP contribution in [0.4, 0.5) is 0 Å². The number of carbonyl (C=O) groups excluding carboxylic acids is 1. The standard InChI is InChI=1S/C21H20BrClN2O3/c1-13(2)25-21(26)16(11-24)8-14-9-17(22)20(19(10-14)27-3)28-12-15-6-4-5-7-18(15)23/h4-10,13H,12H2,1-3H3,(H,25,26)/b16-8+. The summed E-state index contributed by atoms with van der Waals surface area (Å²) in [6.07, 6.45) is 1.50. The molecule has 5 nitrogen and oxygen atoms in total. The van der Waals surface area contributed by atoms with Crippen molar-refractivity contribution in [3.63, 3.8) is 0 Å². The summed E-state index contributed by atoms with van der Waals surface area (Å²) in [7, 11) is 1.52. The molecule has 0 spiro atoms. The zero-order valence-corrected chi connectivity index (χ0v) is 18.1. The van der Waals surface area contributed by atoms with E-state index in [4.69, 9.17) is 21.1 Å². The van der Waals surface area contributed by atoms with Crippen LogP contribution in [0.15, 0.2) is 46.4 Å². The topological polar surface area (TPSA) is 71.3 Å². The van der Waals surface area contributed by atoms with E-state index in [1.165, 1.54) is 13.2 Å². The molecule has 1 amide bonds. The van der Waals surface area contributed by atoms with E-state index < -0.39 is 5.91 Å². The normalized spacial score (nSPS) is 11.1. The first-order valence-corrected chi connectivity index (χ1v) is 9.69. The van der Waals surface area contributed by atoms with Gasteiger partial charge >= 0.3 is 0 Å². The number of rotatable bonds is 7. The second kappa shape index (κ2) is 10.2. The third-order valence-corrected chi connectivity index (χ3v) is 4.64. The Kier molecular flexibility index (Phi) is 7.91. The van der Waals surface area contributed by atoms with Crippen LogP contribution in [0, 0.1) is 11.3 Å². The van der Waals surface area contributed by atoms with Crippen molar-refractivity contribution in [2.45, 2.75) is 26.5 Å². The van der Waals surface area contributed by atoms with Crippen molar-refractivity contribution in [1.29, 1.82) is 5.26 Å². The van der Waals surface area contributed by atoms with Gasteiger partial charge in [0.15, 0.2) is 11.5 Å². The van der Waals surface area contributed by atoms with Crippen molar-refractivity contribution in [1.82, 2.24) is 5.32 Å². The molecule has 0 aromatic heterocycles. The summed E-state index contributed by atoms with van der Waals surface area (Å²) in [6, 6.07) is 12.7. The molecule has 0 heterocycles. The maximum atomic E-state index is 12.1. The number of amides is 1. The van der Waals surface area contributed by atoms with Crippen LogP contribution in [0.5, 0.6) is 11.5 Å². The van der Waals surface area contributed by atoms with Gasteiger partial charge in [-0.1, -0.05) is 29.8 Å². The molecular weight excluding hydrogens is 444 g/mol. The van der Waals surface area contributed by atoms with Crippen molar-refractivity contribution in [2.75, 3.05) is 7.11 Å². The van der Waals surface area contributed by atoms with E-state index in [1.807, 2.05) is 38.1 Å². The quantitative estimate of drug-likeness (QED) is 0.457. The highest BCUT2D eigenvalue weighted by atomic mass is 79.9. The summed E-state index contributed by atoms with van der Waals surface area (Å²) in [5.41, 5.74) is 1.48. The minimum Gasteiger partial charge on any atom is -0.493 e. The number of ether oxygens (including phenoxy) is 2. The second-order valence-corrected chi connectivity index (χ2v) is 7.47. The van der Waals surface area contributed by atoms with E-state index in [2.05, 4.69) is 21.2 Å². The Labute approximate surface area is 178 Å². The number of halogens is 2. The van der Waals surface area contributed by atoms with Crippen LogP contribution >= 0.6 is 27.5 Å². The molecule has 28 heavy (non-hydrogen) atoms. The molecule has 0 bridgehead atoms. The number of benzene rings is 2. The Morgan fingerprint density at radius 3 is 2.68 bits per heavy atom. The molecule has 7 heteroatoms. The Morgan fingerprint density at radius 2 is 2.07 bits per heavy atom. The molecule has 146 valence electrons. The summed E-state index contributed by atoms with van der Waals surface area (Å²) in [4.78, 5) is 12.1. The Balaban J connectivity index is 2.30. The van der Waals surface area contributed by atoms with Crippen molar-refractivity contribution < 1.29 is 14.3 Å². The van der Waals surface area contributed by atoms with E-state index in [1.54, 1.807) is 18.2 Å². The van der Waals surface area contributed by atoms with Gasteiger partial charge in [0.2, 0.25) is 0 Å².